The zero-order chi connectivity index (χ0) is 12.2. The van der Waals surface area contributed by atoms with Crippen LogP contribution in [0.15, 0.2) is 24.3 Å². The van der Waals surface area contributed by atoms with Gasteiger partial charge in [-0.25, -0.2) is 8.42 Å². The van der Waals surface area contributed by atoms with Gasteiger partial charge >= 0.3 is 0 Å². The van der Waals surface area contributed by atoms with Gasteiger partial charge in [0, 0.05) is 12.7 Å². The van der Waals surface area contributed by atoms with E-state index in [1.54, 1.807) is 31.4 Å². The summed E-state index contributed by atoms with van der Waals surface area (Å²) in [4.78, 5) is 11.4. The maximum atomic E-state index is 11.4. The minimum atomic E-state index is -3.23. The lowest BCUT2D eigenvalue weighted by atomic mass is 10.1. The summed E-state index contributed by atoms with van der Waals surface area (Å²) in [5.74, 6) is 0.00550. The molecule has 1 rings (SSSR count). The number of ether oxygens (including phenoxy) is 1. The quantitative estimate of drug-likeness (QED) is 0.768. The predicted molar refractivity (Wildman–Crippen MR) is 61.4 cm³/mol. The summed E-state index contributed by atoms with van der Waals surface area (Å²) in [6, 6.07) is 6.98. The SMILES string of the molecule is COc1ccc(CC(=O)CS(C)(=O)=O)cc1. The van der Waals surface area contributed by atoms with Crippen molar-refractivity contribution in [3.63, 3.8) is 0 Å². The lowest BCUT2D eigenvalue weighted by molar-refractivity contribution is -0.116. The van der Waals surface area contributed by atoms with Crippen LogP contribution in [-0.4, -0.2) is 33.3 Å². The highest BCUT2D eigenvalue weighted by molar-refractivity contribution is 7.91. The topological polar surface area (TPSA) is 60.4 Å². The van der Waals surface area contributed by atoms with Crippen molar-refractivity contribution in [3.05, 3.63) is 29.8 Å². The van der Waals surface area contributed by atoms with Gasteiger partial charge in [-0.05, 0) is 17.7 Å². The van der Waals surface area contributed by atoms with Crippen molar-refractivity contribution in [1.29, 1.82) is 0 Å². The summed E-state index contributed by atoms with van der Waals surface area (Å²) < 4.78 is 26.8. The molecule has 0 aliphatic carbocycles. The fraction of sp³-hybridized carbons (Fsp3) is 0.364. The molecular formula is C11H14O4S. The molecule has 0 saturated carbocycles. The van der Waals surface area contributed by atoms with Gasteiger partial charge in [-0.1, -0.05) is 12.1 Å². The number of carbonyl (C=O) groups is 1. The molecule has 88 valence electrons. The van der Waals surface area contributed by atoms with Crippen molar-refractivity contribution < 1.29 is 17.9 Å². The number of hydrogen-bond acceptors (Lipinski definition) is 4. The summed E-state index contributed by atoms with van der Waals surface area (Å²) in [5, 5.41) is 0. The van der Waals surface area contributed by atoms with Crippen molar-refractivity contribution >= 4 is 15.6 Å². The molecular weight excluding hydrogens is 228 g/mol. The minimum Gasteiger partial charge on any atom is -0.497 e. The van der Waals surface area contributed by atoms with Crippen LogP contribution < -0.4 is 4.74 Å². The van der Waals surface area contributed by atoms with Crippen LogP contribution in [0, 0.1) is 0 Å². The molecule has 0 atom stereocenters. The van der Waals surface area contributed by atoms with Crippen LogP contribution in [0.1, 0.15) is 5.56 Å². The maximum absolute atomic E-state index is 11.4. The van der Waals surface area contributed by atoms with Crippen LogP contribution in [0.25, 0.3) is 0 Å². The molecule has 0 N–H and O–H groups in total. The normalized spacial score (nSPS) is 11.1. The third-order valence-corrected chi connectivity index (χ3v) is 2.83. The van der Waals surface area contributed by atoms with Gasteiger partial charge in [-0.3, -0.25) is 4.79 Å². The Hall–Kier alpha value is -1.36. The molecule has 16 heavy (non-hydrogen) atoms. The van der Waals surface area contributed by atoms with Gasteiger partial charge in [-0.2, -0.15) is 0 Å². The highest BCUT2D eigenvalue weighted by Gasteiger charge is 2.11. The first-order valence-electron chi connectivity index (χ1n) is 4.73. The van der Waals surface area contributed by atoms with Crippen LogP contribution in [0.2, 0.25) is 0 Å². The summed E-state index contributed by atoms with van der Waals surface area (Å²) >= 11 is 0. The van der Waals surface area contributed by atoms with E-state index in [1.165, 1.54) is 0 Å². The molecule has 0 amide bonds. The number of sulfone groups is 1. The fourth-order valence-electron chi connectivity index (χ4n) is 1.31. The minimum absolute atomic E-state index is 0.136. The molecule has 0 aromatic heterocycles. The van der Waals surface area contributed by atoms with E-state index >= 15 is 0 Å². The fourth-order valence-corrected chi connectivity index (χ4v) is 2.00. The van der Waals surface area contributed by atoms with Gasteiger partial charge in [0.05, 0.1) is 7.11 Å². The lowest BCUT2D eigenvalue weighted by Gasteiger charge is -2.02. The molecule has 0 spiro atoms. The second kappa shape index (κ2) is 5.12. The molecule has 0 fully saturated rings. The Balaban J connectivity index is 2.63. The average Bonchev–Trinajstić information content (AvgIpc) is 2.16. The zero-order valence-corrected chi connectivity index (χ0v) is 10.1. The van der Waals surface area contributed by atoms with E-state index < -0.39 is 15.6 Å². The molecule has 0 unspecified atom stereocenters. The molecule has 0 bridgehead atoms. The standard InChI is InChI=1S/C11H14O4S/c1-15-11-5-3-9(4-6-11)7-10(12)8-16(2,13)14/h3-6H,7-8H2,1-2H3. The van der Waals surface area contributed by atoms with Gasteiger partial charge < -0.3 is 4.74 Å². The molecule has 0 aliphatic rings. The molecule has 0 heterocycles. The predicted octanol–water partition coefficient (Wildman–Crippen LogP) is 0.851. The second-order valence-electron chi connectivity index (χ2n) is 3.63. The van der Waals surface area contributed by atoms with Crippen LogP contribution in [-0.2, 0) is 21.1 Å². The Kier molecular flexibility index (Phi) is 4.06. The van der Waals surface area contributed by atoms with Gasteiger partial charge in [0.2, 0.25) is 0 Å². The van der Waals surface area contributed by atoms with E-state index in [9.17, 15) is 13.2 Å². The van der Waals surface area contributed by atoms with Crippen molar-refractivity contribution in [2.24, 2.45) is 0 Å². The third-order valence-electron chi connectivity index (χ3n) is 1.98. The van der Waals surface area contributed by atoms with Crippen LogP contribution in [0.4, 0.5) is 0 Å². The van der Waals surface area contributed by atoms with Gasteiger partial charge in [0.15, 0.2) is 15.6 Å². The number of Topliss-reactive ketones (excluding diaryl/α,β-unsaturated/α-hetero) is 1. The lowest BCUT2D eigenvalue weighted by Crippen LogP contribution is -2.16. The van der Waals surface area contributed by atoms with Crippen molar-refractivity contribution in [3.8, 4) is 5.75 Å². The molecule has 1 aromatic carbocycles. The highest BCUT2D eigenvalue weighted by atomic mass is 32.2. The first-order chi connectivity index (χ1) is 7.40. The number of rotatable bonds is 5. The van der Waals surface area contributed by atoms with E-state index in [1.807, 2.05) is 0 Å². The summed E-state index contributed by atoms with van der Waals surface area (Å²) in [6.45, 7) is 0. The second-order valence-corrected chi connectivity index (χ2v) is 5.77. The molecule has 0 aliphatic heterocycles. The molecule has 4 nitrogen and oxygen atoms in total. The Labute approximate surface area is 95.2 Å². The largest absolute Gasteiger partial charge is 0.497 e. The monoisotopic (exact) mass is 242 g/mol. The molecule has 0 saturated heterocycles. The Morgan fingerprint density at radius 1 is 1.25 bits per heavy atom. The number of hydrogen-bond donors (Lipinski definition) is 0. The molecule has 0 radical (unpaired) electrons. The number of carbonyl (C=O) groups excluding carboxylic acids is 1. The number of methoxy groups -OCH3 is 1. The van der Waals surface area contributed by atoms with E-state index in [-0.39, 0.29) is 12.2 Å². The average molecular weight is 242 g/mol. The van der Waals surface area contributed by atoms with Gasteiger partial charge in [0.25, 0.3) is 0 Å². The van der Waals surface area contributed by atoms with E-state index in [0.717, 1.165) is 11.8 Å². The van der Waals surface area contributed by atoms with Crippen LogP contribution >= 0.6 is 0 Å². The maximum Gasteiger partial charge on any atom is 0.154 e. The first kappa shape index (κ1) is 12.7. The smallest absolute Gasteiger partial charge is 0.154 e. The van der Waals surface area contributed by atoms with Crippen LogP contribution in [0.3, 0.4) is 0 Å². The Morgan fingerprint density at radius 2 is 1.81 bits per heavy atom. The van der Waals surface area contributed by atoms with Crippen molar-refractivity contribution in [1.82, 2.24) is 0 Å². The van der Waals surface area contributed by atoms with Crippen molar-refractivity contribution in [2.75, 3.05) is 19.1 Å². The van der Waals surface area contributed by atoms with E-state index in [0.29, 0.717) is 5.75 Å². The summed E-state index contributed by atoms with van der Waals surface area (Å²) in [6.07, 6.45) is 1.19. The Morgan fingerprint density at radius 3 is 2.25 bits per heavy atom. The summed E-state index contributed by atoms with van der Waals surface area (Å²) in [5.41, 5.74) is 0.787. The Bertz CT molecular complexity index is 459. The van der Waals surface area contributed by atoms with Crippen LogP contribution in [0.5, 0.6) is 5.75 Å². The van der Waals surface area contributed by atoms with Gasteiger partial charge in [-0.15, -0.1) is 0 Å². The third kappa shape index (κ3) is 4.44. The zero-order valence-electron chi connectivity index (χ0n) is 9.26. The highest BCUT2D eigenvalue weighted by Crippen LogP contribution is 2.11. The number of benzene rings is 1. The van der Waals surface area contributed by atoms with E-state index in [4.69, 9.17) is 4.74 Å². The molecule has 5 heteroatoms. The van der Waals surface area contributed by atoms with Gasteiger partial charge in [0.1, 0.15) is 11.5 Å². The number of ketones is 1. The first-order valence-corrected chi connectivity index (χ1v) is 6.79. The van der Waals surface area contributed by atoms with E-state index in [2.05, 4.69) is 0 Å². The summed E-state index contributed by atoms with van der Waals surface area (Å²) in [7, 11) is -1.67. The molecule has 1 aromatic rings. The van der Waals surface area contributed by atoms with Crippen molar-refractivity contribution in [2.45, 2.75) is 6.42 Å².